The number of aromatic amines is 1. The maximum Gasteiger partial charge on any atom is 0.253 e. The Morgan fingerprint density at radius 1 is 1.35 bits per heavy atom. The van der Waals surface area contributed by atoms with Gasteiger partial charge in [0, 0.05) is 41.8 Å². The maximum atomic E-state index is 12.6. The SMILES string of the molecule is Cl.O=C1NCC(CCF)c2[nH]c(-c3ccncc3)cc21. The number of H-pyrrole nitrogens is 1. The van der Waals surface area contributed by atoms with Gasteiger partial charge in [0.05, 0.1) is 12.2 Å². The zero-order chi connectivity index (χ0) is 13.2. The molecular formula is C14H15ClFN3O. The first-order valence-electron chi connectivity index (χ1n) is 6.27. The molecule has 3 heterocycles. The van der Waals surface area contributed by atoms with Crippen LogP contribution in [-0.4, -0.2) is 29.1 Å². The lowest BCUT2D eigenvalue weighted by Gasteiger charge is -2.21. The summed E-state index contributed by atoms with van der Waals surface area (Å²) in [6.07, 6.45) is 3.83. The van der Waals surface area contributed by atoms with Gasteiger partial charge in [-0.3, -0.25) is 14.2 Å². The molecule has 0 saturated carbocycles. The molecule has 4 nitrogen and oxygen atoms in total. The van der Waals surface area contributed by atoms with Crippen LogP contribution >= 0.6 is 12.4 Å². The number of amides is 1. The predicted octanol–water partition coefficient (Wildman–Crippen LogP) is 2.69. The van der Waals surface area contributed by atoms with Crippen molar-refractivity contribution in [2.45, 2.75) is 12.3 Å². The fourth-order valence-corrected chi connectivity index (χ4v) is 2.46. The van der Waals surface area contributed by atoms with Crippen molar-refractivity contribution in [1.29, 1.82) is 0 Å². The Bertz CT molecular complexity index is 600. The van der Waals surface area contributed by atoms with Gasteiger partial charge in [-0.1, -0.05) is 0 Å². The first-order valence-corrected chi connectivity index (χ1v) is 6.27. The number of carbonyl (C=O) groups is 1. The Morgan fingerprint density at radius 2 is 2.10 bits per heavy atom. The molecule has 2 aromatic rings. The Morgan fingerprint density at radius 3 is 2.80 bits per heavy atom. The summed E-state index contributed by atoms with van der Waals surface area (Å²) in [5.74, 6) is -0.0741. The first kappa shape index (κ1) is 14.5. The van der Waals surface area contributed by atoms with E-state index in [1.807, 2.05) is 18.2 Å². The first-order chi connectivity index (χ1) is 9.29. The summed E-state index contributed by atoms with van der Waals surface area (Å²) >= 11 is 0. The molecule has 1 aliphatic rings. The summed E-state index contributed by atoms with van der Waals surface area (Å²) in [5, 5.41) is 2.80. The molecule has 1 amide bonds. The molecular weight excluding hydrogens is 281 g/mol. The van der Waals surface area contributed by atoms with E-state index in [1.54, 1.807) is 12.4 Å². The van der Waals surface area contributed by atoms with E-state index < -0.39 is 0 Å². The van der Waals surface area contributed by atoms with Gasteiger partial charge in [-0.25, -0.2) is 0 Å². The van der Waals surface area contributed by atoms with E-state index in [0.717, 1.165) is 17.0 Å². The number of rotatable bonds is 3. The molecule has 2 N–H and O–H groups in total. The molecule has 1 atom stereocenters. The molecule has 0 aliphatic carbocycles. The molecule has 2 aromatic heterocycles. The Hall–Kier alpha value is -1.88. The lowest BCUT2D eigenvalue weighted by molar-refractivity contribution is 0.0938. The van der Waals surface area contributed by atoms with E-state index in [2.05, 4.69) is 15.3 Å². The van der Waals surface area contributed by atoms with Crippen LogP contribution in [0.25, 0.3) is 11.3 Å². The number of hydrogen-bond acceptors (Lipinski definition) is 2. The van der Waals surface area contributed by atoms with E-state index in [1.165, 1.54) is 0 Å². The highest BCUT2D eigenvalue weighted by molar-refractivity contribution is 5.98. The Kier molecular flexibility index (Phi) is 4.39. The molecule has 1 aliphatic heterocycles. The molecule has 106 valence electrons. The highest BCUT2D eigenvalue weighted by Gasteiger charge is 2.27. The fraction of sp³-hybridized carbons (Fsp3) is 0.286. The molecule has 0 saturated heterocycles. The van der Waals surface area contributed by atoms with Crippen LogP contribution in [-0.2, 0) is 0 Å². The van der Waals surface area contributed by atoms with E-state index >= 15 is 0 Å². The minimum Gasteiger partial charge on any atom is -0.357 e. The summed E-state index contributed by atoms with van der Waals surface area (Å²) in [6.45, 7) is 0.107. The quantitative estimate of drug-likeness (QED) is 0.914. The zero-order valence-corrected chi connectivity index (χ0v) is 11.5. The number of pyridine rings is 1. The summed E-state index contributed by atoms with van der Waals surface area (Å²) < 4.78 is 12.6. The zero-order valence-electron chi connectivity index (χ0n) is 10.7. The van der Waals surface area contributed by atoms with Crippen molar-refractivity contribution in [3.05, 3.63) is 41.9 Å². The van der Waals surface area contributed by atoms with Gasteiger partial charge in [0.2, 0.25) is 0 Å². The number of alkyl halides is 1. The lowest BCUT2D eigenvalue weighted by atomic mass is 9.95. The monoisotopic (exact) mass is 295 g/mol. The predicted molar refractivity (Wildman–Crippen MR) is 76.9 cm³/mol. The standard InChI is InChI=1S/C14H14FN3O.ClH/c15-4-1-10-8-17-14(19)11-7-12(18-13(10)11)9-2-5-16-6-3-9;/h2-3,5-7,10,18H,1,4,8H2,(H,17,19);1H. The van der Waals surface area contributed by atoms with Gasteiger partial charge in [0.15, 0.2) is 0 Å². The van der Waals surface area contributed by atoms with Crippen LogP contribution in [0.4, 0.5) is 4.39 Å². The number of hydrogen-bond donors (Lipinski definition) is 2. The van der Waals surface area contributed by atoms with Crippen LogP contribution in [0.5, 0.6) is 0 Å². The highest BCUT2D eigenvalue weighted by Crippen LogP contribution is 2.30. The van der Waals surface area contributed by atoms with Crippen LogP contribution in [0, 0.1) is 0 Å². The van der Waals surface area contributed by atoms with Gasteiger partial charge >= 0.3 is 0 Å². The average Bonchev–Trinajstić information content (AvgIpc) is 2.89. The molecule has 20 heavy (non-hydrogen) atoms. The second-order valence-electron chi connectivity index (χ2n) is 4.63. The second kappa shape index (κ2) is 6.05. The minimum absolute atomic E-state index is 0. The molecule has 1 unspecified atom stereocenters. The van der Waals surface area contributed by atoms with E-state index in [4.69, 9.17) is 0 Å². The molecule has 6 heteroatoms. The van der Waals surface area contributed by atoms with E-state index in [-0.39, 0.29) is 30.9 Å². The normalized spacial score (nSPS) is 17.1. The van der Waals surface area contributed by atoms with Crippen molar-refractivity contribution in [2.75, 3.05) is 13.2 Å². The maximum absolute atomic E-state index is 12.6. The third kappa shape index (κ3) is 2.54. The molecule has 0 bridgehead atoms. The summed E-state index contributed by atoms with van der Waals surface area (Å²) in [4.78, 5) is 19.1. The fourth-order valence-electron chi connectivity index (χ4n) is 2.46. The van der Waals surface area contributed by atoms with Crippen LogP contribution in [0.15, 0.2) is 30.6 Å². The van der Waals surface area contributed by atoms with Crippen molar-refractivity contribution in [3.63, 3.8) is 0 Å². The van der Waals surface area contributed by atoms with Crippen molar-refractivity contribution < 1.29 is 9.18 Å². The average molecular weight is 296 g/mol. The van der Waals surface area contributed by atoms with Crippen molar-refractivity contribution in [2.24, 2.45) is 0 Å². The van der Waals surface area contributed by atoms with Crippen LogP contribution in [0.1, 0.15) is 28.4 Å². The van der Waals surface area contributed by atoms with E-state index in [9.17, 15) is 9.18 Å². The topological polar surface area (TPSA) is 57.8 Å². The summed E-state index contributed by atoms with van der Waals surface area (Å²) in [5.41, 5.74) is 3.30. The second-order valence-corrected chi connectivity index (χ2v) is 4.63. The third-order valence-electron chi connectivity index (χ3n) is 3.46. The number of carbonyl (C=O) groups excluding carboxylic acids is 1. The molecule has 0 radical (unpaired) electrons. The van der Waals surface area contributed by atoms with Crippen molar-refractivity contribution in [3.8, 4) is 11.3 Å². The molecule has 0 fully saturated rings. The van der Waals surface area contributed by atoms with Gasteiger partial charge in [-0.15, -0.1) is 12.4 Å². The minimum atomic E-state index is -0.385. The van der Waals surface area contributed by atoms with Gasteiger partial charge in [-0.05, 0) is 24.6 Å². The lowest BCUT2D eigenvalue weighted by Crippen LogP contribution is -2.34. The van der Waals surface area contributed by atoms with Gasteiger partial charge in [0.25, 0.3) is 5.91 Å². The smallest absolute Gasteiger partial charge is 0.253 e. The highest BCUT2D eigenvalue weighted by atomic mass is 35.5. The van der Waals surface area contributed by atoms with Gasteiger partial charge < -0.3 is 10.3 Å². The van der Waals surface area contributed by atoms with Gasteiger partial charge in [-0.2, -0.15) is 0 Å². The summed E-state index contributed by atoms with van der Waals surface area (Å²) in [7, 11) is 0. The number of fused-ring (bicyclic) bond motifs is 1. The van der Waals surface area contributed by atoms with Crippen molar-refractivity contribution >= 4 is 18.3 Å². The number of aromatic nitrogens is 2. The molecule has 0 aromatic carbocycles. The van der Waals surface area contributed by atoms with Crippen LogP contribution in [0.2, 0.25) is 0 Å². The van der Waals surface area contributed by atoms with Crippen molar-refractivity contribution in [1.82, 2.24) is 15.3 Å². The van der Waals surface area contributed by atoms with E-state index in [0.29, 0.717) is 18.5 Å². The third-order valence-corrected chi connectivity index (χ3v) is 3.46. The molecule has 3 rings (SSSR count). The Balaban J connectivity index is 0.00000147. The van der Waals surface area contributed by atoms with Crippen LogP contribution in [0.3, 0.4) is 0 Å². The van der Waals surface area contributed by atoms with Crippen LogP contribution < -0.4 is 5.32 Å². The van der Waals surface area contributed by atoms with Gasteiger partial charge in [0.1, 0.15) is 0 Å². The number of nitrogens with zero attached hydrogens (tertiary/aromatic N) is 1. The Labute approximate surface area is 122 Å². The largest absolute Gasteiger partial charge is 0.357 e. The molecule has 0 spiro atoms. The summed E-state index contributed by atoms with van der Waals surface area (Å²) in [6, 6.07) is 5.57. The number of nitrogens with one attached hydrogen (secondary N) is 2. The number of halogens is 2.